The third-order valence-corrected chi connectivity index (χ3v) is 3.20. The van der Waals surface area contributed by atoms with E-state index in [2.05, 4.69) is 5.32 Å². The van der Waals surface area contributed by atoms with Gasteiger partial charge in [-0.2, -0.15) is 0 Å². The van der Waals surface area contributed by atoms with Crippen molar-refractivity contribution in [3.8, 4) is 0 Å². The molecule has 0 saturated heterocycles. The molecule has 6 heteroatoms. The van der Waals surface area contributed by atoms with Gasteiger partial charge in [0, 0.05) is 5.56 Å². The fourth-order valence-corrected chi connectivity index (χ4v) is 1.94. The summed E-state index contributed by atoms with van der Waals surface area (Å²) >= 11 is 0. The highest BCUT2D eigenvalue weighted by atomic mass is 19.2. The van der Waals surface area contributed by atoms with Crippen LogP contribution in [0.3, 0.4) is 0 Å². The number of carboxylic acids is 1. The average molecular weight is 313 g/mol. The van der Waals surface area contributed by atoms with Crippen molar-refractivity contribution in [2.45, 2.75) is 46.1 Å². The third kappa shape index (κ3) is 5.79. The molecule has 1 unspecified atom stereocenters. The van der Waals surface area contributed by atoms with Crippen molar-refractivity contribution in [1.29, 1.82) is 0 Å². The fourth-order valence-electron chi connectivity index (χ4n) is 1.94. The maximum Gasteiger partial charge on any atom is 0.326 e. The Morgan fingerprint density at radius 3 is 2.45 bits per heavy atom. The van der Waals surface area contributed by atoms with E-state index in [4.69, 9.17) is 5.11 Å². The number of carbonyl (C=O) groups is 2. The number of rotatable bonds is 6. The Kier molecular flexibility index (Phi) is 6.02. The van der Waals surface area contributed by atoms with E-state index in [0.717, 1.165) is 6.07 Å². The van der Waals surface area contributed by atoms with Crippen molar-refractivity contribution in [3.05, 3.63) is 35.4 Å². The lowest BCUT2D eigenvalue weighted by molar-refractivity contribution is -0.142. The number of nitrogens with one attached hydrogen (secondary N) is 1. The zero-order valence-electron chi connectivity index (χ0n) is 13.0. The van der Waals surface area contributed by atoms with Crippen molar-refractivity contribution in [2.24, 2.45) is 5.41 Å². The molecule has 4 nitrogen and oxygen atoms in total. The Morgan fingerprint density at radius 1 is 1.27 bits per heavy atom. The second-order valence-corrected chi connectivity index (χ2v) is 6.45. The van der Waals surface area contributed by atoms with Gasteiger partial charge in [0.25, 0.3) is 0 Å². The average Bonchev–Trinajstić information content (AvgIpc) is 2.38. The first-order valence-corrected chi connectivity index (χ1v) is 7.05. The van der Waals surface area contributed by atoms with Crippen molar-refractivity contribution >= 4 is 11.9 Å². The summed E-state index contributed by atoms with van der Waals surface area (Å²) in [6.45, 7) is 5.90. The van der Waals surface area contributed by atoms with Crippen LogP contribution >= 0.6 is 0 Å². The first-order chi connectivity index (χ1) is 10.1. The van der Waals surface area contributed by atoms with Crippen LogP contribution in [-0.4, -0.2) is 23.0 Å². The molecule has 1 amide bonds. The Morgan fingerprint density at radius 2 is 1.91 bits per heavy atom. The smallest absolute Gasteiger partial charge is 0.326 e. The van der Waals surface area contributed by atoms with Crippen LogP contribution in [0.15, 0.2) is 18.2 Å². The highest BCUT2D eigenvalue weighted by molar-refractivity contribution is 5.84. The summed E-state index contributed by atoms with van der Waals surface area (Å²) in [6, 6.07) is 2.52. The Balaban J connectivity index is 2.68. The molecule has 0 aliphatic rings. The number of halogens is 2. The minimum absolute atomic E-state index is 0.0624. The molecule has 0 aliphatic carbocycles. The third-order valence-electron chi connectivity index (χ3n) is 3.20. The number of hydrogen-bond acceptors (Lipinski definition) is 2. The quantitative estimate of drug-likeness (QED) is 0.848. The van der Waals surface area contributed by atoms with Gasteiger partial charge in [0.05, 0.1) is 6.42 Å². The Bertz CT molecular complexity index is 553. The van der Waals surface area contributed by atoms with Gasteiger partial charge in [0.2, 0.25) is 5.91 Å². The van der Waals surface area contributed by atoms with Crippen LogP contribution in [0.1, 0.15) is 39.2 Å². The van der Waals surface area contributed by atoms with E-state index in [9.17, 15) is 18.4 Å². The van der Waals surface area contributed by atoms with E-state index >= 15 is 0 Å². The number of carboxylic acid groups (broad SMARTS) is 1. The van der Waals surface area contributed by atoms with E-state index in [1.807, 2.05) is 20.8 Å². The van der Waals surface area contributed by atoms with Gasteiger partial charge >= 0.3 is 5.97 Å². The molecule has 1 aromatic rings. The maximum atomic E-state index is 13.5. The first-order valence-electron chi connectivity index (χ1n) is 7.05. The number of carbonyl (C=O) groups excluding carboxylic acids is 1. The van der Waals surface area contributed by atoms with Crippen LogP contribution < -0.4 is 5.32 Å². The number of benzene rings is 1. The van der Waals surface area contributed by atoms with Gasteiger partial charge in [-0.1, -0.05) is 32.9 Å². The molecule has 0 radical (unpaired) electrons. The van der Waals surface area contributed by atoms with Gasteiger partial charge in [-0.05, 0) is 24.3 Å². The van der Waals surface area contributed by atoms with Gasteiger partial charge in [0.15, 0.2) is 11.6 Å². The van der Waals surface area contributed by atoms with E-state index in [1.165, 1.54) is 12.1 Å². The van der Waals surface area contributed by atoms with E-state index in [1.54, 1.807) is 0 Å². The standard InChI is InChI=1S/C16H21F2NO3/c1-16(2,3)8-7-12(15(21)22)19-13(20)9-10-5-4-6-11(17)14(10)18/h4-6,12H,7-9H2,1-3H3,(H,19,20)(H,21,22). The van der Waals surface area contributed by atoms with Gasteiger partial charge < -0.3 is 10.4 Å². The monoisotopic (exact) mass is 313 g/mol. The van der Waals surface area contributed by atoms with Crippen LogP contribution in [0.25, 0.3) is 0 Å². The molecule has 0 fully saturated rings. The minimum atomic E-state index is -1.14. The first kappa shape index (κ1) is 18.1. The van der Waals surface area contributed by atoms with Gasteiger partial charge in [0.1, 0.15) is 6.04 Å². The lowest BCUT2D eigenvalue weighted by Gasteiger charge is -2.21. The molecule has 0 aromatic heterocycles. The lowest BCUT2D eigenvalue weighted by Crippen LogP contribution is -2.42. The molecule has 0 heterocycles. The molecule has 0 spiro atoms. The summed E-state index contributed by atoms with van der Waals surface area (Å²) in [5, 5.41) is 11.5. The molecular formula is C16H21F2NO3. The predicted octanol–water partition coefficient (Wildman–Crippen LogP) is 2.90. The van der Waals surface area contributed by atoms with Crippen LogP contribution in [-0.2, 0) is 16.0 Å². The molecule has 1 rings (SSSR count). The Labute approximate surface area is 128 Å². The molecule has 1 aromatic carbocycles. The van der Waals surface area contributed by atoms with Crippen LogP contribution in [0.4, 0.5) is 8.78 Å². The maximum absolute atomic E-state index is 13.5. The van der Waals surface area contributed by atoms with Crippen LogP contribution in [0.2, 0.25) is 0 Å². The summed E-state index contributed by atoms with van der Waals surface area (Å²) < 4.78 is 26.6. The molecule has 2 N–H and O–H groups in total. The second-order valence-electron chi connectivity index (χ2n) is 6.45. The molecule has 22 heavy (non-hydrogen) atoms. The van der Waals surface area contributed by atoms with E-state index in [-0.39, 0.29) is 17.4 Å². The van der Waals surface area contributed by atoms with Crippen molar-refractivity contribution < 1.29 is 23.5 Å². The number of amides is 1. The summed E-state index contributed by atoms with van der Waals surface area (Å²) in [5.41, 5.74) is -0.162. The van der Waals surface area contributed by atoms with Crippen molar-refractivity contribution in [1.82, 2.24) is 5.32 Å². The minimum Gasteiger partial charge on any atom is -0.480 e. The second kappa shape index (κ2) is 7.33. The normalized spacial score (nSPS) is 12.8. The molecule has 0 aliphatic heterocycles. The summed E-state index contributed by atoms with van der Waals surface area (Å²) in [4.78, 5) is 23.0. The summed E-state index contributed by atoms with van der Waals surface area (Å²) in [6.07, 6.45) is 0.484. The zero-order chi connectivity index (χ0) is 16.9. The molecule has 0 bridgehead atoms. The SMILES string of the molecule is CC(C)(C)CCC(NC(=O)Cc1cccc(F)c1F)C(=O)O. The summed E-state index contributed by atoms with van der Waals surface area (Å²) in [5.74, 6) is -3.91. The van der Waals surface area contributed by atoms with E-state index in [0.29, 0.717) is 6.42 Å². The summed E-state index contributed by atoms with van der Waals surface area (Å²) in [7, 11) is 0. The Hall–Kier alpha value is -1.98. The fraction of sp³-hybridized carbons (Fsp3) is 0.500. The molecular weight excluding hydrogens is 292 g/mol. The van der Waals surface area contributed by atoms with Gasteiger partial charge in [-0.3, -0.25) is 4.79 Å². The number of hydrogen-bond donors (Lipinski definition) is 2. The van der Waals surface area contributed by atoms with Crippen LogP contribution in [0, 0.1) is 17.0 Å². The highest BCUT2D eigenvalue weighted by Gasteiger charge is 2.23. The van der Waals surface area contributed by atoms with Gasteiger partial charge in [-0.25, -0.2) is 13.6 Å². The van der Waals surface area contributed by atoms with Crippen molar-refractivity contribution in [2.75, 3.05) is 0 Å². The number of aliphatic carboxylic acids is 1. The van der Waals surface area contributed by atoms with Gasteiger partial charge in [-0.15, -0.1) is 0 Å². The lowest BCUT2D eigenvalue weighted by atomic mass is 9.88. The predicted molar refractivity (Wildman–Crippen MR) is 78.3 cm³/mol. The van der Waals surface area contributed by atoms with Crippen LogP contribution in [0.5, 0.6) is 0 Å². The highest BCUT2D eigenvalue weighted by Crippen LogP contribution is 2.21. The van der Waals surface area contributed by atoms with E-state index < -0.39 is 36.0 Å². The zero-order valence-corrected chi connectivity index (χ0v) is 13.0. The molecule has 0 saturated carbocycles. The topological polar surface area (TPSA) is 66.4 Å². The molecule has 122 valence electrons. The largest absolute Gasteiger partial charge is 0.480 e. The van der Waals surface area contributed by atoms with Crippen molar-refractivity contribution in [3.63, 3.8) is 0 Å². The molecule has 1 atom stereocenters.